The van der Waals surface area contributed by atoms with Crippen molar-refractivity contribution in [2.24, 2.45) is 11.8 Å². The smallest absolute Gasteiger partial charge is 0.321 e. The van der Waals surface area contributed by atoms with Crippen LogP contribution in [0.2, 0.25) is 0 Å². The second-order valence-electron chi connectivity index (χ2n) is 11.8. The average molecular weight is 711 g/mol. The average Bonchev–Trinajstić information content (AvgIpc) is 3.23. The van der Waals surface area contributed by atoms with Gasteiger partial charge in [0.25, 0.3) is 9.82 Å². The van der Waals surface area contributed by atoms with Gasteiger partial charge in [0, 0.05) is 0 Å². The van der Waals surface area contributed by atoms with Crippen LogP contribution in [0.1, 0.15) is 55.4 Å². The van der Waals surface area contributed by atoms with Crippen LogP contribution in [0.25, 0.3) is 0 Å². The number of fused-ring (bicyclic) bond motifs is 1. The third-order valence-corrected chi connectivity index (χ3v) is 7.48. The number of hydrogen-bond donors (Lipinski definition) is 1. The molecule has 10 atom stereocenters. The molecule has 3 saturated heterocycles. The second kappa shape index (κ2) is 14.7. The lowest BCUT2D eigenvalue weighted by Crippen LogP contribution is -2.66. The van der Waals surface area contributed by atoms with Gasteiger partial charge in [-0.25, -0.2) is 0 Å². The molecule has 3 rings (SSSR count). The summed E-state index contributed by atoms with van der Waals surface area (Å²) in [6.45, 7) is 13.2. The highest BCUT2D eigenvalue weighted by Gasteiger charge is 2.59. The SMILES string of the molecule is CC(C)C(=O)O[C@@H]1[C@H]2OC(C)(C)O[C@H]2[C@H](O[C@@H]2[C@@H](OC(=O)C(C)C)[C@@H](OC(=O)CCl)C(C(=O)NC(Cl)(Cl)Cl)O[C@H]2C)O[C@H]1C. The van der Waals surface area contributed by atoms with E-state index in [2.05, 4.69) is 5.32 Å². The van der Waals surface area contributed by atoms with Gasteiger partial charge in [0.2, 0.25) is 0 Å². The first kappa shape index (κ1) is 37.3. The molecule has 252 valence electrons. The molecule has 1 amide bonds. The number of carbonyl (C=O) groups is 4. The van der Waals surface area contributed by atoms with E-state index in [9.17, 15) is 19.2 Å². The Hall–Kier alpha value is -1.16. The molecule has 0 aliphatic carbocycles. The number of halogens is 4. The summed E-state index contributed by atoms with van der Waals surface area (Å²) in [4.78, 5) is 50.9. The molecule has 3 fully saturated rings. The zero-order valence-electron chi connectivity index (χ0n) is 25.5. The summed E-state index contributed by atoms with van der Waals surface area (Å²) in [6.07, 6.45) is -11.3. The van der Waals surface area contributed by atoms with Crippen molar-refractivity contribution < 1.29 is 57.1 Å². The van der Waals surface area contributed by atoms with Crippen LogP contribution in [0.15, 0.2) is 0 Å². The van der Waals surface area contributed by atoms with E-state index >= 15 is 0 Å². The van der Waals surface area contributed by atoms with E-state index in [0.717, 1.165) is 0 Å². The molecule has 0 saturated carbocycles. The van der Waals surface area contributed by atoms with E-state index in [1.807, 2.05) is 0 Å². The summed E-state index contributed by atoms with van der Waals surface area (Å²) in [5.41, 5.74) is 0. The van der Waals surface area contributed by atoms with Gasteiger partial charge in [0.1, 0.15) is 24.2 Å². The summed E-state index contributed by atoms with van der Waals surface area (Å²) in [5.74, 6) is -5.78. The van der Waals surface area contributed by atoms with Crippen molar-refractivity contribution in [3.05, 3.63) is 0 Å². The molecular formula is C27H39Cl4NO12. The van der Waals surface area contributed by atoms with Gasteiger partial charge in [-0.3, -0.25) is 19.2 Å². The molecule has 3 heterocycles. The van der Waals surface area contributed by atoms with Crippen molar-refractivity contribution in [3.63, 3.8) is 0 Å². The Balaban J connectivity index is 1.99. The van der Waals surface area contributed by atoms with Gasteiger partial charge in [0.05, 0.1) is 24.0 Å². The van der Waals surface area contributed by atoms with Crippen LogP contribution in [-0.4, -0.2) is 101 Å². The Bertz CT molecular complexity index is 1070. The van der Waals surface area contributed by atoms with E-state index in [1.54, 1.807) is 55.4 Å². The molecule has 0 bridgehead atoms. The molecule has 17 heteroatoms. The van der Waals surface area contributed by atoms with Gasteiger partial charge >= 0.3 is 17.9 Å². The molecular weight excluding hydrogens is 672 g/mol. The van der Waals surface area contributed by atoms with E-state index in [4.69, 9.17) is 84.3 Å². The standard InChI is InChI=1S/C27H39Cl4NO12/c1-10(2)23(35)40-16-13(6)38-25(21-19(16)43-26(7,8)44-21)42-15-12(5)37-20(22(34)32-27(29,30)31)18(39-14(33)9-28)17(15)41-24(36)11(3)4/h10-13,15-21,25H,9H2,1-8H3,(H,32,34)/t12-,13-,15-,16-,17+,18+,19+,20?,21+,25-/m0/s1. The van der Waals surface area contributed by atoms with Crippen LogP contribution in [0, 0.1) is 11.8 Å². The summed E-state index contributed by atoms with van der Waals surface area (Å²) in [5, 5.41) is 2.12. The summed E-state index contributed by atoms with van der Waals surface area (Å²) in [6, 6.07) is 0. The minimum absolute atomic E-state index is 0.402. The highest BCUT2D eigenvalue weighted by molar-refractivity contribution is 6.67. The van der Waals surface area contributed by atoms with Crippen LogP contribution < -0.4 is 5.32 Å². The van der Waals surface area contributed by atoms with Crippen molar-refractivity contribution in [1.29, 1.82) is 0 Å². The fourth-order valence-electron chi connectivity index (χ4n) is 4.95. The Morgan fingerprint density at radius 2 is 1.32 bits per heavy atom. The quantitative estimate of drug-likeness (QED) is 0.162. The summed E-state index contributed by atoms with van der Waals surface area (Å²) >= 11 is 23.0. The number of alkyl halides is 4. The molecule has 0 aromatic carbocycles. The van der Waals surface area contributed by atoms with Gasteiger partial charge in [-0.15, -0.1) is 11.6 Å². The first-order chi connectivity index (χ1) is 20.2. The largest absolute Gasteiger partial charge is 0.457 e. The maximum absolute atomic E-state index is 13.1. The van der Waals surface area contributed by atoms with E-state index in [0.29, 0.717) is 0 Å². The molecule has 0 spiro atoms. The topological polar surface area (TPSA) is 154 Å². The first-order valence-corrected chi connectivity index (χ1v) is 15.8. The Morgan fingerprint density at radius 3 is 1.84 bits per heavy atom. The lowest BCUT2D eigenvalue weighted by Gasteiger charge is -2.47. The van der Waals surface area contributed by atoms with Gasteiger partial charge in [0.15, 0.2) is 36.5 Å². The van der Waals surface area contributed by atoms with E-state index in [1.165, 1.54) is 0 Å². The van der Waals surface area contributed by atoms with Gasteiger partial charge < -0.3 is 43.2 Å². The number of amides is 1. The Labute approximate surface area is 276 Å². The second-order valence-corrected chi connectivity index (χ2v) is 14.4. The third-order valence-electron chi connectivity index (χ3n) is 6.98. The highest BCUT2D eigenvalue weighted by Crippen LogP contribution is 2.41. The zero-order valence-corrected chi connectivity index (χ0v) is 28.6. The van der Waals surface area contributed by atoms with Crippen LogP contribution in [0.3, 0.4) is 0 Å². The number of rotatable bonds is 9. The van der Waals surface area contributed by atoms with E-state index in [-0.39, 0.29) is 0 Å². The van der Waals surface area contributed by atoms with Crippen molar-refractivity contribution in [2.75, 3.05) is 5.88 Å². The Morgan fingerprint density at radius 1 is 0.795 bits per heavy atom. The van der Waals surface area contributed by atoms with Crippen molar-refractivity contribution in [1.82, 2.24) is 5.32 Å². The van der Waals surface area contributed by atoms with Crippen molar-refractivity contribution in [2.45, 2.75) is 126 Å². The molecule has 0 radical (unpaired) electrons. The molecule has 3 aliphatic heterocycles. The number of esters is 3. The van der Waals surface area contributed by atoms with Crippen LogP contribution in [0.5, 0.6) is 0 Å². The molecule has 44 heavy (non-hydrogen) atoms. The lowest BCUT2D eigenvalue weighted by atomic mass is 9.93. The number of ether oxygens (including phenoxy) is 8. The Kier molecular flexibility index (Phi) is 12.5. The third kappa shape index (κ3) is 9.22. The van der Waals surface area contributed by atoms with Crippen molar-refractivity contribution in [3.8, 4) is 0 Å². The highest BCUT2D eigenvalue weighted by atomic mass is 35.6. The summed E-state index contributed by atoms with van der Waals surface area (Å²) < 4.78 is 45.5. The van der Waals surface area contributed by atoms with Gasteiger partial charge in [-0.1, -0.05) is 62.5 Å². The summed E-state index contributed by atoms with van der Waals surface area (Å²) in [7, 11) is 0. The fourth-order valence-corrected chi connectivity index (χ4v) is 5.29. The van der Waals surface area contributed by atoms with Gasteiger partial charge in [-0.2, -0.15) is 0 Å². The number of carbonyl (C=O) groups excluding carboxylic acids is 4. The minimum Gasteiger partial charge on any atom is -0.457 e. The minimum atomic E-state index is -2.23. The molecule has 1 N–H and O–H groups in total. The fraction of sp³-hybridized carbons (Fsp3) is 0.852. The van der Waals surface area contributed by atoms with E-state index < -0.39 is 112 Å². The predicted molar refractivity (Wildman–Crippen MR) is 156 cm³/mol. The molecule has 3 aliphatic rings. The van der Waals surface area contributed by atoms with Crippen LogP contribution in [-0.2, 0) is 57.1 Å². The monoisotopic (exact) mass is 709 g/mol. The lowest BCUT2D eigenvalue weighted by molar-refractivity contribution is -0.323. The maximum atomic E-state index is 13.1. The molecule has 0 aromatic heterocycles. The first-order valence-electron chi connectivity index (χ1n) is 14.1. The maximum Gasteiger partial charge on any atom is 0.321 e. The molecule has 1 unspecified atom stereocenters. The van der Waals surface area contributed by atoms with Gasteiger partial charge in [-0.05, 0) is 27.7 Å². The number of nitrogens with one attached hydrogen (secondary N) is 1. The molecule has 0 aromatic rings. The molecule has 13 nitrogen and oxygen atoms in total. The van der Waals surface area contributed by atoms with Crippen molar-refractivity contribution >= 4 is 70.2 Å². The van der Waals surface area contributed by atoms with Crippen LogP contribution >= 0.6 is 46.4 Å². The van der Waals surface area contributed by atoms with Crippen LogP contribution in [0.4, 0.5) is 0 Å². The normalized spacial score (nSPS) is 35.1. The predicted octanol–water partition coefficient (Wildman–Crippen LogP) is 3.15. The zero-order chi connectivity index (χ0) is 33.3. The number of hydrogen-bond acceptors (Lipinski definition) is 12.